The third-order valence-electron chi connectivity index (χ3n) is 4.33. The summed E-state index contributed by atoms with van der Waals surface area (Å²) in [5.74, 6) is 0.842. The highest BCUT2D eigenvalue weighted by Gasteiger charge is 2.01. The number of aromatic nitrogens is 4. The summed E-state index contributed by atoms with van der Waals surface area (Å²) in [6, 6.07) is 10.4. The van der Waals surface area contributed by atoms with Gasteiger partial charge in [0.1, 0.15) is 0 Å². The molecule has 0 fully saturated rings. The Hall–Kier alpha value is -3.09. The maximum Gasteiger partial charge on any atom is 0.190 e. The Labute approximate surface area is 160 Å². The van der Waals surface area contributed by atoms with Crippen LogP contribution in [0.4, 0.5) is 0 Å². The van der Waals surface area contributed by atoms with Crippen molar-refractivity contribution in [2.24, 2.45) is 12.0 Å². The predicted molar refractivity (Wildman–Crippen MR) is 108 cm³/mol. The Morgan fingerprint density at radius 2 is 1.85 bits per heavy atom. The zero-order chi connectivity index (χ0) is 18.9. The molecule has 0 spiro atoms. The van der Waals surface area contributed by atoms with Crippen molar-refractivity contribution < 1.29 is 0 Å². The van der Waals surface area contributed by atoms with Gasteiger partial charge in [-0.05, 0) is 48.6 Å². The van der Waals surface area contributed by atoms with E-state index in [1.54, 1.807) is 13.2 Å². The van der Waals surface area contributed by atoms with Crippen LogP contribution in [0.15, 0.2) is 60.1 Å². The molecule has 3 rings (SSSR count). The molecule has 0 saturated heterocycles. The normalized spacial score (nSPS) is 11.6. The van der Waals surface area contributed by atoms with Gasteiger partial charge in [-0.2, -0.15) is 10.2 Å². The second-order valence-electron chi connectivity index (χ2n) is 6.42. The number of rotatable bonds is 8. The van der Waals surface area contributed by atoms with Gasteiger partial charge in [0.2, 0.25) is 0 Å². The van der Waals surface area contributed by atoms with E-state index in [1.165, 1.54) is 11.1 Å². The van der Waals surface area contributed by atoms with Crippen LogP contribution in [-0.2, 0) is 19.9 Å². The first-order valence-corrected chi connectivity index (χ1v) is 9.25. The second kappa shape index (κ2) is 9.56. The average molecular weight is 365 g/mol. The fourth-order valence-corrected chi connectivity index (χ4v) is 2.88. The van der Waals surface area contributed by atoms with Gasteiger partial charge in [0.15, 0.2) is 5.96 Å². The molecule has 2 aromatic heterocycles. The highest BCUT2D eigenvalue weighted by Crippen LogP contribution is 2.08. The molecule has 0 bridgehead atoms. The van der Waals surface area contributed by atoms with E-state index in [4.69, 9.17) is 0 Å². The van der Waals surface area contributed by atoms with Gasteiger partial charge < -0.3 is 10.6 Å². The van der Waals surface area contributed by atoms with Gasteiger partial charge in [-0.3, -0.25) is 9.67 Å². The summed E-state index contributed by atoms with van der Waals surface area (Å²) in [5, 5.41) is 15.2. The summed E-state index contributed by atoms with van der Waals surface area (Å²) in [7, 11) is 3.74. The Bertz CT molecular complexity index is 832. The highest BCUT2D eigenvalue weighted by atomic mass is 15.3. The summed E-state index contributed by atoms with van der Waals surface area (Å²) >= 11 is 0. The molecule has 0 unspecified atom stereocenters. The first-order valence-electron chi connectivity index (χ1n) is 9.25. The molecule has 2 heterocycles. The number of nitrogens with zero attached hydrogens (tertiary/aromatic N) is 5. The van der Waals surface area contributed by atoms with Crippen LogP contribution in [0.25, 0.3) is 5.69 Å². The first-order chi connectivity index (χ1) is 13.2. The number of aliphatic imine (C=N–C) groups is 1. The number of aryl methyl sites for hydroxylation is 2. The van der Waals surface area contributed by atoms with E-state index < -0.39 is 0 Å². The molecule has 0 saturated carbocycles. The molecule has 27 heavy (non-hydrogen) atoms. The van der Waals surface area contributed by atoms with Gasteiger partial charge in [-0.25, -0.2) is 4.68 Å². The minimum atomic E-state index is 0.837. The molecule has 7 heteroatoms. The average Bonchev–Trinajstić information content (AvgIpc) is 3.36. The van der Waals surface area contributed by atoms with Crippen molar-refractivity contribution in [1.29, 1.82) is 0 Å². The minimum absolute atomic E-state index is 0.837. The Balaban J connectivity index is 1.35. The standard InChI is InChI=1S/C20H27N7/c1-21-20(22-11-3-5-18-15-25-26(2)16-18)23-13-10-17-6-8-19(9-7-17)27-14-4-12-24-27/h4,6-9,12,14-16H,3,5,10-11,13H2,1-2H3,(H2,21,22,23). The van der Waals surface area contributed by atoms with E-state index >= 15 is 0 Å². The van der Waals surface area contributed by atoms with Crippen molar-refractivity contribution in [3.8, 4) is 5.69 Å². The molecule has 0 radical (unpaired) electrons. The molecule has 142 valence electrons. The molecular weight excluding hydrogens is 338 g/mol. The van der Waals surface area contributed by atoms with E-state index in [2.05, 4.69) is 56.3 Å². The van der Waals surface area contributed by atoms with Crippen LogP contribution < -0.4 is 10.6 Å². The lowest BCUT2D eigenvalue weighted by molar-refractivity contribution is 0.736. The van der Waals surface area contributed by atoms with E-state index in [9.17, 15) is 0 Å². The third-order valence-corrected chi connectivity index (χ3v) is 4.33. The molecule has 0 atom stereocenters. The molecule has 0 aliphatic rings. The van der Waals surface area contributed by atoms with Gasteiger partial charge in [-0.1, -0.05) is 12.1 Å². The molecule has 7 nitrogen and oxygen atoms in total. The van der Waals surface area contributed by atoms with E-state index in [-0.39, 0.29) is 0 Å². The monoisotopic (exact) mass is 365 g/mol. The molecular formula is C20H27N7. The van der Waals surface area contributed by atoms with Crippen molar-refractivity contribution in [3.63, 3.8) is 0 Å². The maximum atomic E-state index is 4.28. The van der Waals surface area contributed by atoms with Crippen LogP contribution in [0.2, 0.25) is 0 Å². The molecule has 3 aromatic rings. The van der Waals surface area contributed by atoms with Crippen LogP contribution >= 0.6 is 0 Å². The summed E-state index contributed by atoms with van der Waals surface area (Å²) in [6.07, 6.45) is 10.7. The molecule has 0 aliphatic carbocycles. The number of hydrogen-bond donors (Lipinski definition) is 2. The van der Waals surface area contributed by atoms with Crippen LogP contribution in [0, 0.1) is 0 Å². The fraction of sp³-hybridized carbons (Fsp3) is 0.350. The van der Waals surface area contributed by atoms with Gasteiger partial charge in [0.25, 0.3) is 0 Å². The zero-order valence-electron chi connectivity index (χ0n) is 16.0. The molecule has 0 amide bonds. The van der Waals surface area contributed by atoms with Crippen molar-refractivity contribution >= 4 is 5.96 Å². The first kappa shape index (κ1) is 18.7. The largest absolute Gasteiger partial charge is 0.356 e. The smallest absolute Gasteiger partial charge is 0.190 e. The Kier molecular flexibility index (Phi) is 6.62. The fourth-order valence-electron chi connectivity index (χ4n) is 2.88. The molecule has 1 aromatic carbocycles. The van der Waals surface area contributed by atoms with Crippen molar-refractivity contribution in [2.75, 3.05) is 20.1 Å². The number of benzene rings is 1. The zero-order valence-corrected chi connectivity index (χ0v) is 16.0. The Morgan fingerprint density at radius 1 is 1.04 bits per heavy atom. The van der Waals surface area contributed by atoms with Gasteiger partial charge in [0.05, 0.1) is 11.9 Å². The van der Waals surface area contributed by atoms with Gasteiger partial charge in [0, 0.05) is 45.8 Å². The lowest BCUT2D eigenvalue weighted by Gasteiger charge is -2.12. The topological polar surface area (TPSA) is 72.1 Å². The highest BCUT2D eigenvalue weighted by molar-refractivity contribution is 5.79. The van der Waals surface area contributed by atoms with Crippen molar-refractivity contribution in [3.05, 3.63) is 66.2 Å². The molecule has 0 aliphatic heterocycles. The van der Waals surface area contributed by atoms with Crippen molar-refractivity contribution in [2.45, 2.75) is 19.3 Å². The van der Waals surface area contributed by atoms with E-state index in [0.29, 0.717) is 0 Å². The lowest BCUT2D eigenvalue weighted by atomic mass is 10.1. The molecule has 2 N–H and O–H groups in total. The maximum absolute atomic E-state index is 4.28. The van der Waals surface area contributed by atoms with Crippen molar-refractivity contribution in [1.82, 2.24) is 30.2 Å². The summed E-state index contributed by atoms with van der Waals surface area (Å²) in [4.78, 5) is 4.28. The number of guanidine groups is 1. The van der Waals surface area contributed by atoms with E-state index in [1.807, 2.05) is 34.9 Å². The lowest BCUT2D eigenvalue weighted by Crippen LogP contribution is -2.38. The van der Waals surface area contributed by atoms with Gasteiger partial charge >= 0.3 is 0 Å². The van der Waals surface area contributed by atoms with Crippen LogP contribution in [0.3, 0.4) is 0 Å². The summed E-state index contributed by atoms with van der Waals surface area (Å²) < 4.78 is 3.70. The summed E-state index contributed by atoms with van der Waals surface area (Å²) in [6.45, 7) is 1.72. The number of nitrogens with one attached hydrogen (secondary N) is 2. The quantitative estimate of drug-likeness (QED) is 0.364. The second-order valence-corrected chi connectivity index (χ2v) is 6.42. The van der Waals surface area contributed by atoms with Crippen LogP contribution in [0.1, 0.15) is 17.5 Å². The predicted octanol–water partition coefficient (Wildman–Crippen LogP) is 1.95. The SMILES string of the molecule is CN=C(NCCCc1cnn(C)c1)NCCc1ccc(-n2cccn2)cc1. The summed E-state index contributed by atoms with van der Waals surface area (Å²) in [5.41, 5.74) is 3.62. The van der Waals surface area contributed by atoms with Crippen LogP contribution in [-0.4, -0.2) is 45.7 Å². The Morgan fingerprint density at radius 3 is 2.52 bits per heavy atom. The third kappa shape index (κ3) is 5.70. The minimum Gasteiger partial charge on any atom is -0.356 e. The van der Waals surface area contributed by atoms with E-state index in [0.717, 1.165) is 44.0 Å². The van der Waals surface area contributed by atoms with Gasteiger partial charge in [-0.15, -0.1) is 0 Å². The van der Waals surface area contributed by atoms with Crippen LogP contribution in [0.5, 0.6) is 0 Å². The number of hydrogen-bond acceptors (Lipinski definition) is 3.